The molecule has 21 heavy (non-hydrogen) atoms. The number of piperidine rings is 1. The quantitative estimate of drug-likeness (QED) is 0.879. The predicted molar refractivity (Wildman–Crippen MR) is 84.6 cm³/mol. The van der Waals surface area contributed by atoms with E-state index in [1.54, 1.807) is 0 Å². The first kappa shape index (κ1) is 15.5. The number of hydrogen-bond acceptors (Lipinski definition) is 4. The highest BCUT2D eigenvalue weighted by Crippen LogP contribution is 2.22. The van der Waals surface area contributed by atoms with E-state index in [2.05, 4.69) is 32.4 Å². The summed E-state index contributed by atoms with van der Waals surface area (Å²) in [6, 6.07) is 1.58. The molecular weight excluding hydrogens is 266 g/mol. The Bertz CT molecular complexity index is 489. The number of carbonyl (C=O) groups is 1. The fourth-order valence-corrected chi connectivity index (χ4v) is 2.31. The Kier molecular flexibility index (Phi) is 4.65. The highest BCUT2D eigenvalue weighted by molar-refractivity contribution is 5.89. The molecule has 116 valence electrons. The number of anilines is 2. The third kappa shape index (κ3) is 4.88. The minimum Gasteiger partial charge on any atom is -0.356 e. The normalized spacial score (nSPS) is 16.7. The first-order valence-electron chi connectivity index (χ1n) is 7.49. The summed E-state index contributed by atoms with van der Waals surface area (Å²) in [4.78, 5) is 22.5. The summed E-state index contributed by atoms with van der Waals surface area (Å²) in [5.41, 5.74) is -0.275. The molecule has 0 atom stereocenters. The van der Waals surface area contributed by atoms with Gasteiger partial charge in [0.15, 0.2) is 0 Å². The number of aromatic nitrogens is 2. The van der Waals surface area contributed by atoms with Crippen LogP contribution in [0.3, 0.4) is 0 Å². The Balaban J connectivity index is 1.99. The second-order valence-corrected chi connectivity index (χ2v) is 6.76. The molecule has 6 nitrogen and oxygen atoms in total. The van der Waals surface area contributed by atoms with Gasteiger partial charge in [0.25, 0.3) is 0 Å². The summed E-state index contributed by atoms with van der Waals surface area (Å²) >= 11 is 0. The van der Waals surface area contributed by atoms with E-state index in [0.29, 0.717) is 5.82 Å². The summed E-state index contributed by atoms with van der Waals surface area (Å²) < 4.78 is 0. The van der Waals surface area contributed by atoms with Crippen LogP contribution in [0.25, 0.3) is 0 Å². The summed E-state index contributed by atoms with van der Waals surface area (Å²) in [5, 5.41) is 5.61. The Labute approximate surface area is 126 Å². The van der Waals surface area contributed by atoms with Gasteiger partial charge in [0.05, 0.1) is 0 Å². The lowest BCUT2D eigenvalue weighted by molar-refractivity contribution is 0.243. The van der Waals surface area contributed by atoms with Crippen LogP contribution in [0.15, 0.2) is 12.4 Å². The number of carbonyl (C=O) groups excluding carboxylic acids is 1. The van der Waals surface area contributed by atoms with Gasteiger partial charge in [0.1, 0.15) is 18.0 Å². The highest BCUT2D eigenvalue weighted by Gasteiger charge is 2.18. The lowest BCUT2D eigenvalue weighted by Gasteiger charge is -2.31. The van der Waals surface area contributed by atoms with E-state index in [1.165, 1.54) is 19.2 Å². The molecule has 0 bridgehead atoms. The van der Waals surface area contributed by atoms with Crippen molar-refractivity contribution in [2.45, 2.75) is 46.1 Å². The average Bonchev–Trinajstić information content (AvgIpc) is 2.37. The van der Waals surface area contributed by atoms with Crippen LogP contribution in [0.1, 0.15) is 40.5 Å². The molecule has 1 aliphatic rings. The zero-order valence-electron chi connectivity index (χ0n) is 13.3. The van der Waals surface area contributed by atoms with E-state index in [-0.39, 0.29) is 11.6 Å². The van der Waals surface area contributed by atoms with Gasteiger partial charge in [-0.25, -0.2) is 14.8 Å². The van der Waals surface area contributed by atoms with Crippen molar-refractivity contribution >= 4 is 17.7 Å². The van der Waals surface area contributed by atoms with Crippen molar-refractivity contribution in [1.29, 1.82) is 0 Å². The molecule has 1 aromatic heterocycles. The number of nitrogens with zero attached hydrogens (tertiary/aromatic N) is 3. The van der Waals surface area contributed by atoms with Crippen molar-refractivity contribution < 1.29 is 4.79 Å². The van der Waals surface area contributed by atoms with E-state index in [1.807, 2.05) is 26.8 Å². The van der Waals surface area contributed by atoms with Gasteiger partial charge in [0, 0.05) is 24.7 Å². The van der Waals surface area contributed by atoms with Crippen molar-refractivity contribution in [1.82, 2.24) is 15.3 Å². The summed E-state index contributed by atoms with van der Waals surface area (Å²) in [5.74, 6) is 2.18. The Morgan fingerprint density at radius 1 is 1.29 bits per heavy atom. The second kappa shape index (κ2) is 6.28. The van der Waals surface area contributed by atoms with Gasteiger partial charge in [-0.15, -0.1) is 0 Å². The molecule has 0 aliphatic carbocycles. The van der Waals surface area contributed by atoms with Gasteiger partial charge in [0.2, 0.25) is 0 Å². The lowest BCUT2D eigenvalue weighted by Crippen LogP contribution is -2.43. The molecule has 2 amide bonds. The van der Waals surface area contributed by atoms with Crippen LogP contribution in [-0.2, 0) is 0 Å². The third-order valence-electron chi connectivity index (χ3n) is 3.49. The monoisotopic (exact) mass is 291 g/mol. The zero-order valence-corrected chi connectivity index (χ0v) is 13.3. The van der Waals surface area contributed by atoms with Gasteiger partial charge in [-0.3, -0.25) is 5.32 Å². The van der Waals surface area contributed by atoms with Crippen molar-refractivity contribution in [2.24, 2.45) is 5.92 Å². The molecule has 1 aliphatic heterocycles. The van der Waals surface area contributed by atoms with Gasteiger partial charge < -0.3 is 10.2 Å². The van der Waals surface area contributed by atoms with Gasteiger partial charge in [-0.2, -0.15) is 0 Å². The fourth-order valence-electron chi connectivity index (χ4n) is 2.31. The van der Waals surface area contributed by atoms with Crippen molar-refractivity contribution in [3.05, 3.63) is 12.4 Å². The van der Waals surface area contributed by atoms with E-state index in [4.69, 9.17) is 0 Å². The van der Waals surface area contributed by atoms with Crippen molar-refractivity contribution in [3.63, 3.8) is 0 Å². The Morgan fingerprint density at radius 3 is 2.57 bits per heavy atom. The number of amides is 2. The molecular formula is C15H25N5O. The fraction of sp³-hybridized carbons (Fsp3) is 0.667. The number of hydrogen-bond donors (Lipinski definition) is 2. The first-order chi connectivity index (χ1) is 9.83. The summed E-state index contributed by atoms with van der Waals surface area (Å²) in [6.45, 7) is 10.1. The number of urea groups is 1. The molecule has 1 fully saturated rings. The number of rotatable bonds is 2. The standard InChI is InChI=1S/C15H25N5O/c1-11-5-7-20(8-6-11)13-9-12(16-10-17-13)18-14(21)19-15(2,3)4/h9-11H,5-8H2,1-4H3,(H2,16,17,18,19,21). The molecule has 2 N–H and O–H groups in total. The lowest BCUT2D eigenvalue weighted by atomic mass is 9.99. The first-order valence-corrected chi connectivity index (χ1v) is 7.49. The molecule has 2 heterocycles. The van der Waals surface area contributed by atoms with Crippen LogP contribution in [0, 0.1) is 5.92 Å². The van der Waals surface area contributed by atoms with Crippen LogP contribution in [-0.4, -0.2) is 34.6 Å². The van der Waals surface area contributed by atoms with E-state index in [0.717, 1.165) is 24.8 Å². The third-order valence-corrected chi connectivity index (χ3v) is 3.49. The highest BCUT2D eigenvalue weighted by atomic mass is 16.2. The maximum atomic E-state index is 11.9. The Morgan fingerprint density at radius 2 is 1.95 bits per heavy atom. The summed E-state index contributed by atoms with van der Waals surface area (Å²) in [6.07, 6.45) is 3.86. The summed E-state index contributed by atoms with van der Waals surface area (Å²) in [7, 11) is 0. The Hall–Kier alpha value is -1.85. The zero-order chi connectivity index (χ0) is 15.5. The second-order valence-electron chi connectivity index (χ2n) is 6.76. The minimum atomic E-state index is -0.275. The van der Waals surface area contributed by atoms with Crippen LogP contribution in [0.4, 0.5) is 16.4 Å². The van der Waals surface area contributed by atoms with Crippen molar-refractivity contribution in [3.8, 4) is 0 Å². The van der Waals surface area contributed by atoms with Gasteiger partial charge in [-0.05, 0) is 39.5 Å². The van der Waals surface area contributed by atoms with Crippen LogP contribution in [0.2, 0.25) is 0 Å². The molecule has 2 rings (SSSR count). The van der Waals surface area contributed by atoms with Crippen molar-refractivity contribution in [2.75, 3.05) is 23.3 Å². The average molecular weight is 291 g/mol. The topological polar surface area (TPSA) is 70.2 Å². The SMILES string of the molecule is CC1CCN(c2cc(NC(=O)NC(C)(C)C)ncn2)CC1. The molecule has 0 radical (unpaired) electrons. The molecule has 1 aromatic rings. The smallest absolute Gasteiger partial charge is 0.320 e. The molecule has 0 aromatic carbocycles. The molecule has 6 heteroatoms. The minimum absolute atomic E-state index is 0.251. The van der Waals surface area contributed by atoms with Crippen LogP contribution < -0.4 is 15.5 Å². The van der Waals surface area contributed by atoms with E-state index in [9.17, 15) is 4.79 Å². The van der Waals surface area contributed by atoms with Gasteiger partial charge >= 0.3 is 6.03 Å². The van der Waals surface area contributed by atoms with Crippen LogP contribution >= 0.6 is 0 Å². The maximum absolute atomic E-state index is 11.9. The molecule has 0 saturated carbocycles. The van der Waals surface area contributed by atoms with E-state index >= 15 is 0 Å². The molecule has 0 spiro atoms. The van der Waals surface area contributed by atoms with Crippen LogP contribution in [0.5, 0.6) is 0 Å². The number of nitrogens with one attached hydrogen (secondary N) is 2. The predicted octanol–water partition coefficient (Wildman–Crippen LogP) is 2.63. The maximum Gasteiger partial charge on any atom is 0.320 e. The van der Waals surface area contributed by atoms with Gasteiger partial charge in [-0.1, -0.05) is 6.92 Å². The van der Waals surface area contributed by atoms with E-state index < -0.39 is 0 Å². The molecule has 1 saturated heterocycles. The molecule has 0 unspecified atom stereocenters. The largest absolute Gasteiger partial charge is 0.356 e.